The average molecular weight is 460 g/mol. The van der Waals surface area contributed by atoms with Crippen LogP contribution in [-0.4, -0.2) is 62.2 Å². The number of hydrogen-bond donors (Lipinski definition) is 0. The summed E-state index contributed by atoms with van der Waals surface area (Å²) in [5.41, 5.74) is 0.0446. The Balaban J connectivity index is 1.26. The van der Waals surface area contributed by atoms with E-state index in [1.54, 1.807) is 23.5 Å². The predicted octanol–water partition coefficient (Wildman–Crippen LogP) is 3.53. The first-order chi connectivity index (χ1) is 15.0. The van der Waals surface area contributed by atoms with Crippen LogP contribution in [0, 0.1) is 10.1 Å². The topological polar surface area (TPSA) is 106 Å². The van der Waals surface area contributed by atoms with Crippen molar-refractivity contribution in [2.45, 2.75) is 23.6 Å². The standard InChI is InChI=1S/C20H21N5O4S2/c1-14(31-16-6-4-15(5-7-16)25(27)28)20(26)24-10-8-23(9-11-24)13-18-21-19(22-29-18)17-3-2-12-30-17/h2-7,12,14H,8-11,13H2,1H3. The van der Waals surface area contributed by atoms with Crippen LogP contribution in [0.1, 0.15) is 12.8 Å². The van der Waals surface area contributed by atoms with E-state index >= 15 is 0 Å². The van der Waals surface area contributed by atoms with Gasteiger partial charge in [-0.05, 0) is 30.5 Å². The first-order valence-corrected chi connectivity index (χ1v) is 11.5. The van der Waals surface area contributed by atoms with Crippen molar-refractivity contribution in [3.05, 3.63) is 57.8 Å². The summed E-state index contributed by atoms with van der Waals surface area (Å²) in [5.74, 6) is 1.25. The highest BCUT2D eigenvalue weighted by atomic mass is 32.2. The van der Waals surface area contributed by atoms with Gasteiger partial charge in [-0.15, -0.1) is 23.1 Å². The molecule has 0 bridgehead atoms. The van der Waals surface area contributed by atoms with Crippen LogP contribution in [0.25, 0.3) is 10.7 Å². The van der Waals surface area contributed by atoms with E-state index in [1.165, 1.54) is 23.9 Å². The van der Waals surface area contributed by atoms with Crippen LogP contribution in [-0.2, 0) is 11.3 Å². The van der Waals surface area contributed by atoms with Crippen LogP contribution >= 0.6 is 23.1 Å². The first-order valence-electron chi connectivity index (χ1n) is 9.78. The number of aromatic nitrogens is 2. The predicted molar refractivity (Wildman–Crippen MR) is 118 cm³/mol. The number of non-ortho nitro benzene ring substituents is 1. The number of carbonyl (C=O) groups is 1. The number of rotatable bonds is 7. The van der Waals surface area contributed by atoms with Gasteiger partial charge in [0.05, 0.1) is 21.6 Å². The second-order valence-electron chi connectivity index (χ2n) is 7.10. The highest BCUT2D eigenvalue weighted by Gasteiger charge is 2.26. The molecule has 1 aliphatic rings. The van der Waals surface area contributed by atoms with E-state index in [1.807, 2.05) is 29.3 Å². The van der Waals surface area contributed by atoms with E-state index in [9.17, 15) is 14.9 Å². The zero-order valence-electron chi connectivity index (χ0n) is 16.8. The van der Waals surface area contributed by atoms with Crippen molar-refractivity contribution in [3.8, 4) is 10.7 Å². The molecule has 9 nitrogen and oxygen atoms in total. The van der Waals surface area contributed by atoms with Crippen LogP contribution in [0.5, 0.6) is 0 Å². The molecule has 1 amide bonds. The molecule has 0 radical (unpaired) electrons. The van der Waals surface area contributed by atoms with Gasteiger partial charge in [0.25, 0.3) is 5.69 Å². The molecule has 0 aliphatic carbocycles. The molecule has 2 aromatic heterocycles. The van der Waals surface area contributed by atoms with Crippen molar-refractivity contribution >= 4 is 34.7 Å². The molecule has 31 heavy (non-hydrogen) atoms. The molecule has 0 saturated carbocycles. The zero-order valence-corrected chi connectivity index (χ0v) is 18.5. The molecule has 1 unspecified atom stereocenters. The summed E-state index contributed by atoms with van der Waals surface area (Å²) in [7, 11) is 0. The molecule has 1 saturated heterocycles. The molecule has 4 rings (SSSR count). The lowest BCUT2D eigenvalue weighted by atomic mass is 10.3. The largest absolute Gasteiger partial charge is 0.339 e. The fourth-order valence-electron chi connectivity index (χ4n) is 3.30. The highest BCUT2D eigenvalue weighted by molar-refractivity contribution is 8.00. The summed E-state index contributed by atoms with van der Waals surface area (Å²) in [6.07, 6.45) is 0. The zero-order chi connectivity index (χ0) is 21.8. The van der Waals surface area contributed by atoms with Crippen molar-refractivity contribution < 1.29 is 14.2 Å². The van der Waals surface area contributed by atoms with E-state index in [-0.39, 0.29) is 16.8 Å². The van der Waals surface area contributed by atoms with Gasteiger partial charge in [0.1, 0.15) is 0 Å². The number of thioether (sulfide) groups is 1. The van der Waals surface area contributed by atoms with Crippen molar-refractivity contribution in [3.63, 3.8) is 0 Å². The van der Waals surface area contributed by atoms with E-state index in [0.717, 1.165) is 22.9 Å². The van der Waals surface area contributed by atoms with Gasteiger partial charge in [-0.25, -0.2) is 0 Å². The molecule has 3 heterocycles. The number of nitro groups is 1. The van der Waals surface area contributed by atoms with Gasteiger partial charge in [-0.2, -0.15) is 4.98 Å². The second kappa shape index (κ2) is 9.58. The SMILES string of the molecule is CC(Sc1ccc([N+](=O)[O-])cc1)C(=O)N1CCN(Cc2nc(-c3cccs3)no2)CC1. The second-order valence-corrected chi connectivity index (χ2v) is 9.46. The third-order valence-electron chi connectivity index (χ3n) is 4.96. The molecule has 0 N–H and O–H groups in total. The number of nitro benzene ring substituents is 1. The Hall–Kier alpha value is -2.76. The van der Waals surface area contributed by atoms with E-state index < -0.39 is 4.92 Å². The van der Waals surface area contributed by atoms with Crippen molar-refractivity contribution in [2.24, 2.45) is 0 Å². The number of hydrogen-bond acceptors (Lipinski definition) is 9. The van der Waals surface area contributed by atoms with Gasteiger partial charge in [-0.1, -0.05) is 11.2 Å². The van der Waals surface area contributed by atoms with Crippen LogP contribution < -0.4 is 0 Å². The third-order valence-corrected chi connectivity index (χ3v) is 6.93. The van der Waals surface area contributed by atoms with E-state index in [4.69, 9.17) is 4.52 Å². The fraction of sp³-hybridized carbons (Fsp3) is 0.350. The Labute approximate surface area is 187 Å². The number of thiophene rings is 1. The quantitative estimate of drug-likeness (QED) is 0.300. The molecule has 1 aromatic carbocycles. The highest BCUT2D eigenvalue weighted by Crippen LogP contribution is 2.27. The van der Waals surface area contributed by atoms with Crippen molar-refractivity contribution in [1.82, 2.24) is 19.9 Å². The smallest absolute Gasteiger partial charge is 0.269 e. The lowest BCUT2D eigenvalue weighted by Gasteiger charge is -2.35. The maximum Gasteiger partial charge on any atom is 0.269 e. The summed E-state index contributed by atoms with van der Waals surface area (Å²) in [4.78, 5) is 33.5. The summed E-state index contributed by atoms with van der Waals surface area (Å²) < 4.78 is 5.37. The van der Waals surface area contributed by atoms with Crippen molar-refractivity contribution in [1.29, 1.82) is 0 Å². The van der Waals surface area contributed by atoms with E-state index in [0.29, 0.717) is 31.3 Å². The summed E-state index contributed by atoms with van der Waals surface area (Å²) in [6.45, 7) is 5.17. The summed E-state index contributed by atoms with van der Waals surface area (Å²) in [6, 6.07) is 10.2. The molecular formula is C20H21N5O4S2. The monoisotopic (exact) mass is 459 g/mol. The van der Waals surface area contributed by atoms with Crippen molar-refractivity contribution in [2.75, 3.05) is 26.2 Å². The van der Waals surface area contributed by atoms with Crippen LogP contribution in [0.15, 0.2) is 51.2 Å². The normalized spacial score (nSPS) is 15.7. The number of amides is 1. The lowest BCUT2D eigenvalue weighted by molar-refractivity contribution is -0.384. The molecule has 11 heteroatoms. The molecule has 1 fully saturated rings. The fourth-order valence-corrected chi connectivity index (χ4v) is 4.90. The maximum absolute atomic E-state index is 12.8. The number of piperazine rings is 1. The van der Waals surface area contributed by atoms with Gasteiger partial charge in [0.15, 0.2) is 0 Å². The van der Waals surface area contributed by atoms with Crippen LogP contribution in [0.2, 0.25) is 0 Å². The molecule has 1 atom stereocenters. The van der Waals surface area contributed by atoms with E-state index in [2.05, 4.69) is 15.0 Å². The Morgan fingerprint density at radius 3 is 2.65 bits per heavy atom. The number of nitrogens with zero attached hydrogens (tertiary/aromatic N) is 5. The van der Waals surface area contributed by atoms with Gasteiger partial charge < -0.3 is 9.42 Å². The van der Waals surface area contributed by atoms with Gasteiger partial charge >= 0.3 is 0 Å². The molecule has 1 aliphatic heterocycles. The average Bonchev–Trinajstić information content (AvgIpc) is 3.46. The lowest BCUT2D eigenvalue weighted by Crippen LogP contribution is -2.50. The van der Waals surface area contributed by atoms with Crippen LogP contribution in [0.3, 0.4) is 0 Å². The molecule has 0 spiro atoms. The Kier molecular flexibility index (Phi) is 6.64. The first kappa shape index (κ1) is 21.5. The molecule has 3 aromatic rings. The third kappa shape index (κ3) is 5.30. The number of carbonyl (C=O) groups excluding carboxylic acids is 1. The minimum Gasteiger partial charge on any atom is -0.339 e. The number of benzene rings is 1. The Morgan fingerprint density at radius 1 is 1.26 bits per heavy atom. The van der Waals surface area contributed by atoms with Gasteiger partial charge in [0, 0.05) is 43.2 Å². The molecule has 162 valence electrons. The Morgan fingerprint density at radius 2 is 2.00 bits per heavy atom. The van der Waals surface area contributed by atoms with Gasteiger partial charge in [-0.3, -0.25) is 19.8 Å². The maximum atomic E-state index is 12.8. The summed E-state index contributed by atoms with van der Waals surface area (Å²) >= 11 is 2.98. The van der Waals surface area contributed by atoms with Gasteiger partial charge in [0.2, 0.25) is 17.6 Å². The summed E-state index contributed by atoms with van der Waals surface area (Å²) in [5, 5.41) is 16.5. The Bertz CT molecular complexity index is 1030. The minimum atomic E-state index is -0.431. The van der Waals surface area contributed by atoms with Crippen LogP contribution in [0.4, 0.5) is 5.69 Å². The molecular weight excluding hydrogens is 438 g/mol. The minimum absolute atomic E-state index is 0.0446.